The van der Waals surface area contributed by atoms with Crippen molar-refractivity contribution in [1.82, 2.24) is 14.2 Å². The average Bonchev–Trinajstić information content (AvgIpc) is 2.44. The van der Waals surface area contributed by atoms with Crippen molar-refractivity contribution >= 4 is 10.0 Å². The van der Waals surface area contributed by atoms with Crippen molar-refractivity contribution in [1.29, 1.82) is 5.26 Å². The summed E-state index contributed by atoms with van der Waals surface area (Å²) in [4.78, 5) is 6.14. The van der Waals surface area contributed by atoms with Crippen molar-refractivity contribution in [2.45, 2.75) is 30.8 Å². The van der Waals surface area contributed by atoms with Crippen molar-refractivity contribution in [3.05, 3.63) is 24.0 Å². The second-order valence-corrected chi connectivity index (χ2v) is 7.11. The third-order valence-electron chi connectivity index (χ3n) is 3.81. The first-order chi connectivity index (χ1) is 9.36. The Bertz CT molecular complexity index is 609. The maximum atomic E-state index is 12.6. The summed E-state index contributed by atoms with van der Waals surface area (Å²) in [5.74, 6) is 0. The molecule has 0 N–H and O–H groups in total. The molecule has 2 unspecified atom stereocenters. The van der Waals surface area contributed by atoms with Gasteiger partial charge in [0.1, 0.15) is 16.7 Å². The number of likely N-dealkylation sites (N-methyl/N-ethyl adjacent to an activating group) is 1. The summed E-state index contributed by atoms with van der Waals surface area (Å²) in [7, 11) is -1.54. The van der Waals surface area contributed by atoms with Gasteiger partial charge in [0.25, 0.3) is 0 Å². The predicted molar refractivity (Wildman–Crippen MR) is 74.4 cm³/mol. The van der Waals surface area contributed by atoms with Crippen LogP contribution in [0.25, 0.3) is 0 Å². The standard InChI is InChI=1S/C13H18N4O2S/c1-10-8-17(9-11(2)16(10)3)20(18,19)13-5-4-12(6-14)15-7-13/h4-5,7,10-11H,8-9H2,1-3H3. The molecule has 7 heteroatoms. The van der Waals surface area contributed by atoms with Gasteiger partial charge in [-0.1, -0.05) is 0 Å². The molecule has 0 radical (unpaired) electrons. The quantitative estimate of drug-likeness (QED) is 0.801. The van der Waals surface area contributed by atoms with Crippen LogP contribution in [0.1, 0.15) is 19.5 Å². The Hall–Kier alpha value is -1.49. The highest BCUT2D eigenvalue weighted by Crippen LogP contribution is 2.21. The molecule has 0 bridgehead atoms. The number of piperazine rings is 1. The highest BCUT2D eigenvalue weighted by molar-refractivity contribution is 7.89. The third-order valence-corrected chi connectivity index (χ3v) is 5.63. The number of pyridine rings is 1. The van der Waals surface area contributed by atoms with Gasteiger partial charge in [-0.05, 0) is 33.0 Å². The van der Waals surface area contributed by atoms with E-state index in [9.17, 15) is 8.42 Å². The minimum Gasteiger partial charge on any atom is -0.298 e. The molecule has 20 heavy (non-hydrogen) atoms. The number of sulfonamides is 1. The first-order valence-corrected chi connectivity index (χ1v) is 7.88. The number of rotatable bonds is 2. The summed E-state index contributed by atoms with van der Waals surface area (Å²) in [5.41, 5.74) is 0.212. The topological polar surface area (TPSA) is 77.3 Å². The lowest BCUT2D eigenvalue weighted by Gasteiger charge is -2.41. The Balaban J connectivity index is 2.28. The van der Waals surface area contributed by atoms with Gasteiger partial charge >= 0.3 is 0 Å². The Morgan fingerprint density at radius 2 is 1.90 bits per heavy atom. The van der Waals surface area contributed by atoms with Crippen molar-refractivity contribution in [2.24, 2.45) is 0 Å². The van der Waals surface area contributed by atoms with E-state index in [0.29, 0.717) is 13.1 Å². The third kappa shape index (κ3) is 2.68. The fourth-order valence-corrected chi connectivity index (χ4v) is 3.85. The molecule has 0 aliphatic carbocycles. The van der Waals surface area contributed by atoms with Crippen LogP contribution in [-0.4, -0.2) is 54.8 Å². The maximum Gasteiger partial charge on any atom is 0.244 e. The number of nitrogens with zero attached hydrogens (tertiary/aromatic N) is 4. The Labute approximate surface area is 119 Å². The second kappa shape index (κ2) is 5.48. The second-order valence-electron chi connectivity index (χ2n) is 5.18. The van der Waals surface area contributed by atoms with E-state index >= 15 is 0 Å². The lowest BCUT2D eigenvalue weighted by atomic mass is 10.1. The summed E-state index contributed by atoms with van der Waals surface area (Å²) in [6, 6.07) is 5.08. The summed E-state index contributed by atoms with van der Waals surface area (Å²) in [6.45, 7) is 4.94. The molecule has 1 aliphatic rings. The largest absolute Gasteiger partial charge is 0.298 e. The number of aromatic nitrogens is 1. The van der Waals surface area contributed by atoms with Crippen LogP contribution in [-0.2, 0) is 10.0 Å². The molecule has 0 saturated carbocycles. The van der Waals surface area contributed by atoms with Crippen LogP contribution >= 0.6 is 0 Å². The maximum absolute atomic E-state index is 12.6. The van der Waals surface area contributed by atoms with Crippen LogP contribution in [0, 0.1) is 11.3 Å². The lowest BCUT2D eigenvalue weighted by Crippen LogP contribution is -2.56. The molecule has 1 aliphatic heterocycles. The lowest BCUT2D eigenvalue weighted by molar-refractivity contribution is 0.105. The number of hydrogen-bond acceptors (Lipinski definition) is 5. The van der Waals surface area contributed by atoms with Gasteiger partial charge in [-0.2, -0.15) is 9.57 Å². The molecule has 1 fully saturated rings. The van der Waals surface area contributed by atoms with Gasteiger partial charge in [0.15, 0.2) is 0 Å². The van der Waals surface area contributed by atoms with Crippen molar-refractivity contribution in [2.75, 3.05) is 20.1 Å². The first-order valence-electron chi connectivity index (χ1n) is 6.44. The SMILES string of the molecule is CC1CN(S(=O)(=O)c2ccc(C#N)nc2)CC(C)N1C. The fraction of sp³-hybridized carbons (Fsp3) is 0.538. The molecule has 6 nitrogen and oxygen atoms in total. The molecular weight excluding hydrogens is 276 g/mol. The van der Waals surface area contributed by atoms with E-state index in [-0.39, 0.29) is 22.7 Å². The number of hydrogen-bond donors (Lipinski definition) is 0. The smallest absolute Gasteiger partial charge is 0.244 e. The van der Waals surface area contributed by atoms with Crippen LogP contribution in [0.2, 0.25) is 0 Å². The van der Waals surface area contributed by atoms with E-state index in [4.69, 9.17) is 5.26 Å². The normalized spacial score (nSPS) is 25.3. The highest BCUT2D eigenvalue weighted by Gasteiger charge is 2.34. The zero-order valence-corrected chi connectivity index (χ0v) is 12.6. The van der Waals surface area contributed by atoms with Gasteiger partial charge < -0.3 is 0 Å². The molecule has 1 saturated heterocycles. The van der Waals surface area contributed by atoms with E-state index < -0.39 is 10.0 Å². The zero-order valence-electron chi connectivity index (χ0n) is 11.8. The molecule has 0 spiro atoms. The van der Waals surface area contributed by atoms with Crippen LogP contribution in [0.15, 0.2) is 23.2 Å². The van der Waals surface area contributed by atoms with Crippen LogP contribution in [0.5, 0.6) is 0 Å². The summed E-state index contributed by atoms with van der Waals surface area (Å²) in [5, 5.41) is 8.70. The van der Waals surface area contributed by atoms with Gasteiger partial charge in [-0.25, -0.2) is 13.4 Å². The minimum absolute atomic E-state index is 0.139. The van der Waals surface area contributed by atoms with Crippen LogP contribution in [0.4, 0.5) is 0 Å². The van der Waals surface area contributed by atoms with Crippen molar-refractivity contribution in [3.8, 4) is 6.07 Å². The van der Waals surface area contributed by atoms with Crippen molar-refractivity contribution < 1.29 is 8.42 Å². The monoisotopic (exact) mass is 294 g/mol. The van der Waals surface area contributed by atoms with Crippen LogP contribution in [0.3, 0.4) is 0 Å². The van der Waals surface area contributed by atoms with Crippen LogP contribution < -0.4 is 0 Å². The first kappa shape index (κ1) is 14.9. The molecule has 2 heterocycles. The Kier molecular flexibility index (Phi) is 4.09. The number of nitriles is 1. The van der Waals surface area contributed by atoms with E-state index in [1.807, 2.05) is 27.0 Å². The molecule has 1 aromatic heterocycles. The summed E-state index contributed by atoms with van der Waals surface area (Å²) >= 11 is 0. The molecule has 2 rings (SSSR count). The molecule has 2 atom stereocenters. The Morgan fingerprint density at radius 3 is 2.35 bits per heavy atom. The molecule has 1 aromatic rings. The van der Waals surface area contributed by atoms with E-state index in [0.717, 1.165) is 0 Å². The average molecular weight is 294 g/mol. The van der Waals surface area contributed by atoms with Gasteiger partial charge in [-0.3, -0.25) is 4.90 Å². The van der Waals surface area contributed by atoms with Gasteiger partial charge in [0, 0.05) is 31.4 Å². The predicted octanol–water partition coefficient (Wildman–Crippen LogP) is 0.666. The minimum atomic E-state index is -3.54. The summed E-state index contributed by atoms with van der Waals surface area (Å²) in [6.07, 6.45) is 1.25. The Morgan fingerprint density at radius 1 is 1.30 bits per heavy atom. The van der Waals surface area contributed by atoms with Crippen molar-refractivity contribution in [3.63, 3.8) is 0 Å². The fourth-order valence-electron chi connectivity index (χ4n) is 2.30. The zero-order chi connectivity index (χ0) is 14.9. The molecule has 0 amide bonds. The molecule has 108 valence electrons. The molecule has 0 aromatic carbocycles. The van der Waals surface area contributed by atoms with E-state index in [2.05, 4.69) is 9.88 Å². The van der Waals surface area contributed by atoms with E-state index in [1.165, 1.54) is 22.6 Å². The summed E-state index contributed by atoms with van der Waals surface area (Å²) < 4.78 is 26.6. The van der Waals surface area contributed by atoms with Gasteiger partial charge in [-0.15, -0.1) is 0 Å². The highest BCUT2D eigenvalue weighted by atomic mass is 32.2. The van der Waals surface area contributed by atoms with Gasteiger partial charge in [0.2, 0.25) is 10.0 Å². The van der Waals surface area contributed by atoms with Gasteiger partial charge in [0.05, 0.1) is 0 Å². The van der Waals surface area contributed by atoms with E-state index in [1.54, 1.807) is 0 Å². The molecular formula is C13H18N4O2S.